The van der Waals surface area contributed by atoms with Crippen LogP contribution in [0.15, 0.2) is 22.7 Å². The minimum Gasteiger partial charge on any atom is -0.352 e. The molecule has 0 aromatic heterocycles. The van der Waals surface area contributed by atoms with Crippen LogP contribution in [-0.4, -0.2) is 18.6 Å². The number of hydrogen-bond donors (Lipinski definition) is 1. The third-order valence-electron chi connectivity index (χ3n) is 2.29. The minimum absolute atomic E-state index is 0.0126. The molecule has 100 valence electrons. The van der Waals surface area contributed by atoms with Crippen LogP contribution < -0.4 is 5.32 Å². The van der Waals surface area contributed by atoms with E-state index in [-0.39, 0.29) is 18.9 Å². The summed E-state index contributed by atoms with van der Waals surface area (Å²) in [6, 6.07) is 5.26. The molecule has 1 N–H and O–H groups in total. The van der Waals surface area contributed by atoms with Crippen LogP contribution in [0.3, 0.4) is 0 Å². The number of benzene rings is 1. The molecule has 18 heavy (non-hydrogen) atoms. The van der Waals surface area contributed by atoms with Crippen molar-refractivity contribution < 1.29 is 18.0 Å². The van der Waals surface area contributed by atoms with Crippen LogP contribution in [0, 0.1) is 6.92 Å². The average molecular weight is 324 g/mol. The number of hydrogen-bond acceptors (Lipinski definition) is 1. The van der Waals surface area contributed by atoms with Gasteiger partial charge in [-0.15, -0.1) is 0 Å². The Morgan fingerprint density at radius 1 is 1.39 bits per heavy atom. The summed E-state index contributed by atoms with van der Waals surface area (Å²) in [6.45, 7) is 1.85. The van der Waals surface area contributed by atoms with Gasteiger partial charge in [0.25, 0.3) is 5.91 Å². The molecule has 2 nitrogen and oxygen atoms in total. The summed E-state index contributed by atoms with van der Waals surface area (Å²) in [7, 11) is 0. The number of nitrogens with one attached hydrogen (secondary N) is 1. The highest BCUT2D eigenvalue weighted by molar-refractivity contribution is 9.10. The molecule has 1 aromatic carbocycles. The summed E-state index contributed by atoms with van der Waals surface area (Å²) in [5.74, 6) is -0.368. The van der Waals surface area contributed by atoms with Gasteiger partial charge in [-0.25, -0.2) is 0 Å². The maximum Gasteiger partial charge on any atom is 0.389 e. The van der Waals surface area contributed by atoms with E-state index in [2.05, 4.69) is 21.2 Å². The number of carbonyl (C=O) groups excluding carboxylic acids is 1. The smallest absolute Gasteiger partial charge is 0.352 e. The normalized spacial score (nSPS) is 11.4. The molecule has 0 bridgehead atoms. The minimum atomic E-state index is -4.17. The lowest BCUT2D eigenvalue weighted by atomic mass is 10.1. The number of amides is 1. The molecule has 0 fully saturated rings. The van der Waals surface area contributed by atoms with Crippen molar-refractivity contribution >= 4 is 21.8 Å². The van der Waals surface area contributed by atoms with E-state index in [4.69, 9.17) is 0 Å². The van der Waals surface area contributed by atoms with Crippen molar-refractivity contribution in [1.29, 1.82) is 0 Å². The second-order valence-corrected chi connectivity index (χ2v) is 4.81. The molecule has 6 heteroatoms. The fraction of sp³-hybridized carbons (Fsp3) is 0.417. The summed E-state index contributed by atoms with van der Waals surface area (Å²) < 4.78 is 36.3. The van der Waals surface area contributed by atoms with Crippen molar-refractivity contribution in [3.63, 3.8) is 0 Å². The summed E-state index contributed by atoms with van der Waals surface area (Å²) >= 11 is 3.23. The first-order chi connectivity index (χ1) is 8.29. The zero-order chi connectivity index (χ0) is 13.8. The van der Waals surface area contributed by atoms with E-state index in [0.717, 1.165) is 5.56 Å². The second kappa shape index (κ2) is 6.22. The molecule has 0 radical (unpaired) electrons. The van der Waals surface area contributed by atoms with Gasteiger partial charge in [0.15, 0.2) is 0 Å². The SMILES string of the molecule is Cc1ccc(Br)c(C(=O)NCCCC(F)(F)F)c1. The lowest BCUT2D eigenvalue weighted by Gasteiger charge is -2.09. The van der Waals surface area contributed by atoms with Crippen LogP contribution in [0.1, 0.15) is 28.8 Å². The Labute approximate surface area is 112 Å². The van der Waals surface area contributed by atoms with Gasteiger partial charge in [-0.05, 0) is 41.4 Å². The third-order valence-corrected chi connectivity index (χ3v) is 2.98. The fourth-order valence-corrected chi connectivity index (χ4v) is 1.83. The summed E-state index contributed by atoms with van der Waals surface area (Å²) in [5, 5.41) is 2.47. The van der Waals surface area contributed by atoms with Gasteiger partial charge in [-0.2, -0.15) is 13.2 Å². The number of carbonyl (C=O) groups is 1. The maximum absolute atomic E-state index is 11.9. The maximum atomic E-state index is 11.9. The molecule has 1 aromatic rings. The highest BCUT2D eigenvalue weighted by atomic mass is 79.9. The zero-order valence-electron chi connectivity index (χ0n) is 9.77. The Morgan fingerprint density at radius 3 is 2.67 bits per heavy atom. The lowest BCUT2D eigenvalue weighted by molar-refractivity contribution is -0.135. The number of rotatable bonds is 4. The first-order valence-electron chi connectivity index (χ1n) is 5.41. The number of aryl methyl sites for hydroxylation is 1. The number of halogens is 4. The van der Waals surface area contributed by atoms with E-state index in [1.54, 1.807) is 12.1 Å². The van der Waals surface area contributed by atoms with Crippen LogP contribution in [0.5, 0.6) is 0 Å². The topological polar surface area (TPSA) is 29.1 Å². The molecule has 0 aliphatic rings. The molecule has 0 aliphatic carbocycles. The molecule has 0 spiro atoms. The Bertz CT molecular complexity index is 432. The van der Waals surface area contributed by atoms with Crippen LogP contribution in [0.2, 0.25) is 0 Å². The van der Waals surface area contributed by atoms with E-state index in [1.165, 1.54) is 0 Å². The predicted octanol–water partition coefficient (Wildman–Crippen LogP) is 3.83. The van der Waals surface area contributed by atoms with Crippen LogP contribution in [-0.2, 0) is 0 Å². The van der Waals surface area contributed by atoms with Crippen molar-refractivity contribution in [1.82, 2.24) is 5.32 Å². The molecule has 0 saturated carbocycles. The van der Waals surface area contributed by atoms with Gasteiger partial charge in [-0.1, -0.05) is 11.6 Å². The zero-order valence-corrected chi connectivity index (χ0v) is 11.4. The van der Waals surface area contributed by atoms with Crippen molar-refractivity contribution in [3.8, 4) is 0 Å². The quantitative estimate of drug-likeness (QED) is 0.838. The van der Waals surface area contributed by atoms with E-state index in [1.807, 2.05) is 13.0 Å². The summed E-state index contributed by atoms with van der Waals surface area (Å²) in [4.78, 5) is 11.7. The van der Waals surface area contributed by atoms with Crippen molar-refractivity contribution in [3.05, 3.63) is 33.8 Å². The average Bonchev–Trinajstić information content (AvgIpc) is 2.26. The molecular weight excluding hydrogens is 311 g/mol. The Kier molecular flexibility index (Phi) is 5.19. The van der Waals surface area contributed by atoms with E-state index in [0.29, 0.717) is 10.0 Å². The second-order valence-electron chi connectivity index (χ2n) is 3.96. The first-order valence-corrected chi connectivity index (χ1v) is 6.20. The molecule has 0 unspecified atom stereocenters. The van der Waals surface area contributed by atoms with Crippen molar-refractivity contribution in [2.45, 2.75) is 25.9 Å². The molecule has 1 rings (SSSR count). The van der Waals surface area contributed by atoms with Gasteiger partial charge < -0.3 is 5.32 Å². The largest absolute Gasteiger partial charge is 0.389 e. The van der Waals surface area contributed by atoms with Crippen LogP contribution >= 0.6 is 15.9 Å². The standard InChI is InChI=1S/C12H13BrF3NO/c1-8-3-4-10(13)9(7-8)11(18)17-6-2-5-12(14,15)16/h3-4,7H,2,5-6H2,1H3,(H,17,18). The molecular formula is C12H13BrF3NO. The van der Waals surface area contributed by atoms with Gasteiger partial charge in [0.2, 0.25) is 0 Å². The van der Waals surface area contributed by atoms with E-state index >= 15 is 0 Å². The summed E-state index contributed by atoms with van der Waals surface area (Å²) in [5.41, 5.74) is 1.35. The molecule has 0 saturated heterocycles. The molecule has 0 heterocycles. The van der Waals surface area contributed by atoms with Gasteiger partial charge in [0.05, 0.1) is 5.56 Å². The van der Waals surface area contributed by atoms with Gasteiger partial charge >= 0.3 is 6.18 Å². The van der Waals surface area contributed by atoms with E-state index < -0.39 is 12.6 Å². The first kappa shape index (κ1) is 15.0. The van der Waals surface area contributed by atoms with Crippen LogP contribution in [0.25, 0.3) is 0 Å². The lowest BCUT2D eigenvalue weighted by Crippen LogP contribution is -2.26. The fourth-order valence-electron chi connectivity index (χ4n) is 1.40. The van der Waals surface area contributed by atoms with Gasteiger partial charge in [0.1, 0.15) is 0 Å². The van der Waals surface area contributed by atoms with Gasteiger partial charge in [-0.3, -0.25) is 4.79 Å². The molecule has 1 amide bonds. The van der Waals surface area contributed by atoms with Crippen LogP contribution in [0.4, 0.5) is 13.2 Å². The van der Waals surface area contributed by atoms with Crippen molar-refractivity contribution in [2.24, 2.45) is 0 Å². The van der Waals surface area contributed by atoms with Crippen molar-refractivity contribution in [2.75, 3.05) is 6.54 Å². The molecule has 0 aliphatic heterocycles. The highest BCUT2D eigenvalue weighted by Crippen LogP contribution is 2.21. The number of alkyl halides is 3. The van der Waals surface area contributed by atoms with E-state index in [9.17, 15) is 18.0 Å². The highest BCUT2D eigenvalue weighted by Gasteiger charge is 2.26. The Balaban J connectivity index is 2.48. The monoisotopic (exact) mass is 323 g/mol. The summed E-state index contributed by atoms with van der Waals surface area (Å²) in [6.07, 6.45) is -5.17. The Hall–Kier alpha value is -1.04. The predicted molar refractivity (Wildman–Crippen MR) is 66.5 cm³/mol. The Morgan fingerprint density at radius 2 is 2.06 bits per heavy atom. The van der Waals surface area contributed by atoms with Gasteiger partial charge in [0, 0.05) is 17.4 Å². The third kappa shape index (κ3) is 5.08. The molecule has 0 atom stereocenters.